The van der Waals surface area contributed by atoms with Gasteiger partial charge in [0.05, 0.1) is 17.5 Å². The minimum Gasteiger partial charge on any atom is -0.481 e. The summed E-state index contributed by atoms with van der Waals surface area (Å²) in [5.41, 5.74) is 0.839. The minimum atomic E-state index is -4.66. The van der Waals surface area contributed by atoms with Crippen molar-refractivity contribution in [2.75, 3.05) is 18.4 Å². The van der Waals surface area contributed by atoms with Gasteiger partial charge in [-0.05, 0) is 12.8 Å². The van der Waals surface area contributed by atoms with Crippen LogP contribution in [-0.4, -0.2) is 51.1 Å². The first-order valence-corrected chi connectivity index (χ1v) is 7.56. The van der Waals surface area contributed by atoms with Crippen molar-refractivity contribution in [1.82, 2.24) is 14.7 Å². The fraction of sp³-hybridized carbons (Fsp3) is 0.643. The third-order valence-electron chi connectivity index (χ3n) is 4.47. The molecule has 0 aromatic carbocycles. The summed E-state index contributed by atoms with van der Waals surface area (Å²) < 4.78 is 40.3. The quantitative estimate of drug-likeness (QED) is 0.877. The zero-order chi connectivity index (χ0) is 17.6. The van der Waals surface area contributed by atoms with Crippen molar-refractivity contribution in [2.45, 2.75) is 24.9 Å². The van der Waals surface area contributed by atoms with Crippen molar-refractivity contribution >= 4 is 17.8 Å². The number of anilines is 1. The van der Waals surface area contributed by atoms with Gasteiger partial charge in [-0.1, -0.05) is 0 Å². The normalized spacial score (nSPS) is 24.2. The Morgan fingerprint density at radius 1 is 1.33 bits per heavy atom. The van der Waals surface area contributed by atoms with Gasteiger partial charge in [-0.15, -0.1) is 0 Å². The Balaban J connectivity index is 1.70. The number of carboxylic acids is 1. The molecule has 0 bridgehead atoms. The summed E-state index contributed by atoms with van der Waals surface area (Å²) in [5.74, 6) is -4.51. The van der Waals surface area contributed by atoms with E-state index >= 15 is 0 Å². The molecule has 10 heteroatoms. The number of carbonyl (C=O) groups is 2. The van der Waals surface area contributed by atoms with Gasteiger partial charge >= 0.3 is 18.2 Å². The Morgan fingerprint density at radius 2 is 2.00 bits per heavy atom. The zero-order valence-electron chi connectivity index (χ0n) is 12.9. The summed E-state index contributed by atoms with van der Waals surface area (Å²) in [4.78, 5) is 24.2. The first-order valence-electron chi connectivity index (χ1n) is 7.56. The van der Waals surface area contributed by atoms with Gasteiger partial charge in [0.15, 0.2) is 0 Å². The second kappa shape index (κ2) is 5.67. The second-order valence-electron chi connectivity index (χ2n) is 6.28. The molecule has 132 valence electrons. The van der Waals surface area contributed by atoms with Crippen LogP contribution in [-0.2, 0) is 11.8 Å². The number of hydrogen-bond donors (Lipinski definition) is 2. The van der Waals surface area contributed by atoms with Gasteiger partial charge in [0.25, 0.3) is 0 Å². The fourth-order valence-electron chi connectivity index (χ4n) is 2.93. The number of carbonyl (C=O) groups excluding carboxylic acids is 1. The number of rotatable bonds is 3. The summed E-state index contributed by atoms with van der Waals surface area (Å²) >= 11 is 0. The number of aliphatic carboxylic acids is 1. The van der Waals surface area contributed by atoms with Crippen LogP contribution in [0.1, 0.15) is 24.5 Å². The molecule has 0 radical (unpaired) electrons. The molecule has 0 spiro atoms. The predicted molar refractivity (Wildman–Crippen MR) is 76.4 cm³/mol. The number of aromatic nitrogens is 2. The Hall–Kier alpha value is -2.26. The van der Waals surface area contributed by atoms with Gasteiger partial charge in [0, 0.05) is 32.1 Å². The summed E-state index contributed by atoms with van der Waals surface area (Å²) in [7, 11) is 1.63. The highest BCUT2D eigenvalue weighted by Crippen LogP contribution is 2.40. The Bertz CT molecular complexity index is 669. The van der Waals surface area contributed by atoms with Crippen molar-refractivity contribution in [3.05, 3.63) is 11.8 Å². The molecule has 1 aromatic rings. The lowest BCUT2D eigenvalue weighted by Crippen LogP contribution is -2.35. The van der Waals surface area contributed by atoms with Gasteiger partial charge < -0.3 is 10.0 Å². The molecule has 2 atom stereocenters. The molecule has 1 aliphatic carbocycles. The third kappa shape index (κ3) is 3.17. The zero-order valence-corrected chi connectivity index (χ0v) is 12.9. The number of aryl methyl sites for hydroxylation is 1. The smallest absolute Gasteiger partial charge is 0.394 e. The molecule has 1 saturated carbocycles. The van der Waals surface area contributed by atoms with Gasteiger partial charge in [-0.3, -0.25) is 14.8 Å². The number of urea groups is 1. The largest absolute Gasteiger partial charge is 0.481 e. The van der Waals surface area contributed by atoms with Crippen LogP contribution in [0.3, 0.4) is 0 Å². The average Bonchev–Trinajstić information content (AvgIpc) is 3.09. The highest BCUT2D eigenvalue weighted by molar-refractivity contribution is 5.89. The summed E-state index contributed by atoms with van der Waals surface area (Å²) in [5, 5.41) is 15.8. The third-order valence-corrected chi connectivity index (χ3v) is 4.47. The molecule has 2 fully saturated rings. The van der Waals surface area contributed by atoms with Gasteiger partial charge in [0.2, 0.25) is 0 Å². The lowest BCUT2D eigenvalue weighted by Gasteiger charge is -2.18. The highest BCUT2D eigenvalue weighted by Gasteiger charge is 2.53. The Labute approximate surface area is 135 Å². The Kier molecular flexibility index (Phi) is 3.92. The molecule has 2 aliphatic rings. The van der Waals surface area contributed by atoms with Crippen molar-refractivity contribution in [3.63, 3.8) is 0 Å². The monoisotopic (exact) mass is 346 g/mol. The standard InChI is InChI=1S/C14H17F3N4O3/c1-20-11(4-10(19-20)7-2-3-7)18-13(24)21-5-8(12(22)23)9(6-21)14(15,16)17/h4,7-9H,2-3,5-6H2,1H3,(H,18,24)(H,22,23)/t8-,9-/m1/s1. The van der Waals surface area contributed by atoms with Crippen LogP contribution < -0.4 is 5.32 Å². The SMILES string of the molecule is Cn1nc(C2CC2)cc1NC(=O)N1C[C@@H](C(F)(F)F)[C@H](C(=O)O)C1. The van der Waals surface area contributed by atoms with E-state index < -0.39 is 43.1 Å². The molecular weight excluding hydrogens is 329 g/mol. The topological polar surface area (TPSA) is 87.5 Å². The van der Waals surface area contributed by atoms with Crippen LogP contribution in [0.15, 0.2) is 6.07 Å². The second-order valence-corrected chi connectivity index (χ2v) is 6.28. The molecule has 7 nitrogen and oxygen atoms in total. The number of alkyl halides is 3. The number of halogens is 3. The van der Waals surface area contributed by atoms with E-state index in [0.29, 0.717) is 11.7 Å². The van der Waals surface area contributed by atoms with Crippen LogP contribution in [0.4, 0.5) is 23.8 Å². The molecule has 2 amide bonds. The predicted octanol–water partition coefficient (Wildman–Crippen LogP) is 2.02. The highest BCUT2D eigenvalue weighted by atomic mass is 19.4. The lowest BCUT2D eigenvalue weighted by molar-refractivity contribution is -0.187. The summed E-state index contributed by atoms with van der Waals surface area (Å²) in [6.45, 7) is -1.14. The maximum absolute atomic E-state index is 13.0. The van der Waals surface area contributed by atoms with Crippen LogP contribution in [0.25, 0.3) is 0 Å². The molecule has 2 heterocycles. The van der Waals surface area contributed by atoms with Gasteiger partial charge in [-0.25, -0.2) is 4.79 Å². The number of hydrogen-bond acceptors (Lipinski definition) is 3. The molecule has 1 aromatic heterocycles. The molecule has 24 heavy (non-hydrogen) atoms. The van der Waals surface area contributed by atoms with E-state index in [2.05, 4.69) is 10.4 Å². The number of amides is 2. The first-order chi connectivity index (χ1) is 11.2. The van der Waals surface area contributed by atoms with E-state index in [4.69, 9.17) is 5.11 Å². The fourth-order valence-corrected chi connectivity index (χ4v) is 2.93. The summed E-state index contributed by atoms with van der Waals surface area (Å²) in [6, 6.07) is 0.944. The van der Waals surface area contributed by atoms with Crippen LogP contribution in [0.2, 0.25) is 0 Å². The maximum Gasteiger partial charge on any atom is 0.394 e. The number of carboxylic acid groups (broad SMARTS) is 1. The van der Waals surface area contributed by atoms with Crippen LogP contribution in [0.5, 0.6) is 0 Å². The van der Waals surface area contributed by atoms with E-state index in [1.54, 1.807) is 13.1 Å². The molecular formula is C14H17F3N4O3. The molecule has 0 unspecified atom stereocenters. The average molecular weight is 346 g/mol. The maximum atomic E-state index is 13.0. The first kappa shape index (κ1) is 16.6. The molecule has 3 rings (SSSR count). The van der Waals surface area contributed by atoms with E-state index in [9.17, 15) is 22.8 Å². The van der Waals surface area contributed by atoms with Crippen LogP contribution in [0, 0.1) is 11.8 Å². The number of nitrogens with one attached hydrogen (secondary N) is 1. The van der Waals surface area contributed by atoms with Gasteiger partial charge in [-0.2, -0.15) is 18.3 Å². The summed E-state index contributed by atoms with van der Waals surface area (Å²) in [6.07, 6.45) is -2.60. The molecule has 2 N–H and O–H groups in total. The number of nitrogens with zero attached hydrogens (tertiary/aromatic N) is 3. The molecule has 1 saturated heterocycles. The van der Waals surface area contributed by atoms with E-state index in [-0.39, 0.29) is 0 Å². The van der Waals surface area contributed by atoms with E-state index in [1.807, 2.05) is 0 Å². The number of likely N-dealkylation sites (tertiary alicyclic amines) is 1. The van der Waals surface area contributed by atoms with Crippen molar-refractivity contribution < 1.29 is 27.9 Å². The van der Waals surface area contributed by atoms with Crippen LogP contribution >= 0.6 is 0 Å². The Morgan fingerprint density at radius 3 is 2.50 bits per heavy atom. The van der Waals surface area contributed by atoms with Crippen molar-refractivity contribution in [2.24, 2.45) is 18.9 Å². The van der Waals surface area contributed by atoms with E-state index in [1.165, 1.54) is 4.68 Å². The minimum absolute atomic E-state index is 0.375. The van der Waals surface area contributed by atoms with Gasteiger partial charge in [0.1, 0.15) is 5.82 Å². The molecule has 1 aliphatic heterocycles. The van der Waals surface area contributed by atoms with Crippen molar-refractivity contribution in [1.29, 1.82) is 0 Å². The van der Waals surface area contributed by atoms with Crippen molar-refractivity contribution in [3.8, 4) is 0 Å². The van der Waals surface area contributed by atoms with E-state index in [0.717, 1.165) is 23.4 Å². The lowest BCUT2D eigenvalue weighted by atomic mass is 9.96.